The van der Waals surface area contributed by atoms with Crippen LogP contribution in [0.4, 0.5) is 0 Å². The first kappa shape index (κ1) is 16.5. The molecule has 0 saturated carbocycles. The van der Waals surface area contributed by atoms with Crippen LogP contribution in [0.25, 0.3) is 0 Å². The fraction of sp³-hybridized carbons (Fsp3) is 0.938. The van der Waals surface area contributed by atoms with Gasteiger partial charge in [-0.25, -0.2) is 0 Å². The van der Waals surface area contributed by atoms with Gasteiger partial charge in [-0.05, 0) is 30.6 Å². The van der Waals surface area contributed by atoms with Crippen molar-refractivity contribution in [2.75, 3.05) is 6.61 Å². The standard InChI is InChI=1S/C16H30O3/c1-14(2,3)16(7,15(4,5)6)13(17)19-12-10-8-9-11-18-12/h12H,8-11H2,1-7H3. The molecule has 3 nitrogen and oxygen atoms in total. The lowest BCUT2D eigenvalue weighted by Gasteiger charge is -2.49. The van der Waals surface area contributed by atoms with Crippen LogP contribution < -0.4 is 0 Å². The zero-order valence-electron chi connectivity index (χ0n) is 13.6. The predicted molar refractivity (Wildman–Crippen MR) is 76.7 cm³/mol. The molecule has 1 unspecified atom stereocenters. The molecule has 3 heteroatoms. The fourth-order valence-electron chi connectivity index (χ4n) is 2.78. The van der Waals surface area contributed by atoms with Crippen molar-refractivity contribution < 1.29 is 14.3 Å². The molecule has 0 aliphatic carbocycles. The van der Waals surface area contributed by atoms with Gasteiger partial charge in [0.05, 0.1) is 12.0 Å². The normalized spacial score (nSPS) is 22.2. The molecule has 0 aromatic carbocycles. The maximum absolute atomic E-state index is 12.7. The lowest BCUT2D eigenvalue weighted by atomic mass is 9.55. The molecule has 0 amide bonds. The van der Waals surface area contributed by atoms with Crippen molar-refractivity contribution in [2.24, 2.45) is 16.2 Å². The Hall–Kier alpha value is -0.570. The summed E-state index contributed by atoms with van der Waals surface area (Å²) in [6, 6.07) is 0. The molecule has 0 bridgehead atoms. The minimum atomic E-state index is -0.555. The van der Waals surface area contributed by atoms with Crippen LogP contribution in [0.1, 0.15) is 67.7 Å². The minimum absolute atomic E-state index is 0.139. The molecule has 19 heavy (non-hydrogen) atoms. The summed E-state index contributed by atoms with van der Waals surface area (Å²) in [5, 5.41) is 0. The lowest BCUT2D eigenvalue weighted by molar-refractivity contribution is -0.210. The zero-order valence-corrected chi connectivity index (χ0v) is 13.6. The van der Waals surface area contributed by atoms with Crippen molar-refractivity contribution in [3.05, 3.63) is 0 Å². The van der Waals surface area contributed by atoms with Gasteiger partial charge < -0.3 is 9.47 Å². The van der Waals surface area contributed by atoms with E-state index in [1.807, 2.05) is 6.92 Å². The Bertz CT molecular complexity index is 300. The average molecular weight is 270 g/mol. The number of esters is 1. The third kappa shape index (κ3) is 3.31. The van der Waals surface area contributed by atoms with Crippen molar-refractivity contribution >= 4 is 5.97 Å². The van der Waals surface area contributed by atoms with E-state index in [1.54, 1.807) is 0 Å². The number of carbonyl (C=O) groups excluding carboxylic acids is 1. The predicted octanol–water partition coefficient (Wildman–Crippen LogP) is 4.15. The minimum Gasteiger partial charge on any atom is -0.435 e. The van der Waals surface area contributed by atoms with Gasteiger partial charge in [-0.15, -0.1) is 0 Å². The monoisotopic (exact) mass is 270 g/mol. The third-order valence-electron chi connectivity index (χ3n) is 4.78. The molecule has 1 aliphatic heterocycles. The molecule has 0 radical (unpaired) electrons. The molecule has 1 aliphatic rings. The van der Waals surface area contributed by atoms with E-state index in [4.69, 9.17) is 9.47 Å². The largest absolute Gasteiger partial charge is 0.435 e. The number of hydrogen-bond donors (Lipinski definition) is 0. The molecule has 1 saturated heterocycles. The Labute approximate surface area is 118 Å². The highest BCUT2D eigenvalue weighted by atomic mass is 16.7. The lowest BCUT2D eigenvalue weighted by Crippen LogP contribution is -2.51. The van der Waals surface area contributed by atoms with Gasteiger partial charge in [0.15, 0.2) is 0 Å². The molecule has 0 aromatic rings. The van der Waals surface area contributed by atoms with Gasteiger partial charge in [0.1, 0.15) is 0 Å². The zero-order chi connectivity index (χ0) is 14.9. The van der Waals surface area contributed by atoms with Gasteiger partial charge in [-0.2, -0.15) is 0 Å². The molecular formula is C16H30O3. The Kier molecular flexibility index (Phi) is 4.71. The summed E-state index contributed by atoms with van der Waals surface area (Å²) in [7, 11) is 0. The van der Waals surface area contributed by atoms with E-state index >= 15 is 0 Å². The quantitative estimate of drug-likeness (QED) is 0.707. The highest BCUT2D eigenvalue weighted by Crippen LogP contribution is 2.52. The average Bonchev–Trinajstić information content (AvgIpc) is 2.26. The van der Waals surface area contributed by atoms with Crippen molar-refractivity contribution in [3.63, 3.8) is 0 Å². The van der Waals surface area contributed by atoms with E-state index in [0.717, 1.165) is 19.3 Å². The van der Waals surface area contributed by atoms with Gasteiger partial charge in [0.2, 0.25) is 6.29 Å². The Morgan fingerprint density at radius 2 is 1.53 bits per heavy atom. The molecular weight excluding hydrogens is 240 g/mol. The van der Waals surface area contributed by atoms with Crippen LogP contribution in [-0.2, 0) is 14.3 Å². The van der Waals surface area contributed by atoms with E-state index in [1.165, 1.54) is 0 Å². The number of rotatable bonds is 2. The van der Waals surface area contributed by atoms with Crippen molar-refractivity contribution in [1.82, 2.24) is 0 Å². The van der Waals surface area contributed by atoms with Crippen LogP contribution in [-0.4, -0.2) is 18.9 Å². The van der Waals surface area contributed by atoms with E-state index in [2.05, 4.69) is 41.5 Å². The van der Waals surface area contributed by atoms with Gasteiger partial charge in [0.25, 0.3) is 0 Å². The highest BCUT2D eigenvalue weighted by molar-refractivity contribution is 5.78. The van der Waals surface area contributed by atoms with E-state index < -0.39 is 5.41 Å². The summed E-state index contributed by atoms with van der Waals surface area (Å²) >= 11 is 0. The Morgan fingerprint density at radius 1 is 1.00 bits per heavy atom. The Morgan fingerprint density at radius 3 is 1.89 bits per heavy atom. The van der Waals surface area contributed by atoms with Crippen LogP contribution in [0, 0.1) is 16.2 Å². The Balaban J connectivity index is 2.90. The number of hydrogen-bond acceptors (Lipinski definition) is 3. The molecule has 1 heterocycles. The van der Waals surface area contributed by atoms with Crippen LogP contribution in [0.15, 0.2) is 0 Å². The van der Waals surface area contributed by atoms with Gasteiger partial charge in [0, 0.05) is 6.42 Å². The topological polar surface area (TPSA) is 35.5 Å². The SMILES string of the molecule is CC(C)(C)C(C)(C(=O)OC1CCCCO1)C(C)(C)C. The maximum atomic E-state index is 12.7. The van der Waals surface area contributed by atoms with E-state index in [0.29, 0.717) is 6.61 Å². The van der Waals surface area contributed by atoms with Crippen molar-refractivity contribution in [1.29, 1.82) is 0 Å². The van der Waals surface area contributed by atoms with Crippen LogP contribution in [0.2, 0.25) is 0 Å². The van der Waals surface area contributed by atoms with Crippen molar-refractivity contribution in [2.45, 2.75) is 74.0 Å². The summed E-state index contributed by atoms with van der Waals surface area (Å²) in [6.45, 7) is 15.3. The molecule has 0 spiro atoms. The number of carbonyl (C=O) groups is 1. The summed E-state index contributed by atoms with van der Waals surface area (Å²) in [5.74, 6) is -0.139. The molecule has 1 rings (SSSR count). The van der Waals surface area contributed by atoms with Crippen LogP contribution >= 0.6 is 0 Å². The van der Waals surface area contributed by atoms with Gasteiger partial charge in [-0.1, -0.05) is 41.5 Å². The first-order valence-corrected chi connectivity index (χ1v) is 7.33. The van der Waals surface area contributed by atoms with Crippen molar-refractivity contribution in [3.8, 4) is 0 Å². The maximum Gasteiger partial charge on any atom is 0.315 e. The second kappa shape index (κ2) is 5.43. The van der Waals surface area contributed by atoms with E-state index in [-0.39, 0.29) is 23.1 Å². The van der Waals surface area contributed by atoms with Gasteiger partial charge in [-0.3, -0.25) is 4.79 Å². The van der Waals surface area contributed by atoms with Crippen LogP contribution in [0.3, 0.4) is 0 Å². The summed E-state index contributed by atoms with van der Waals surface area (Å²) < 4.78 is 11.2. The summed E-state index contributed by atoms with van der Waals surface area (Å²) in [6.07, 6.45) is 2.59. The first-order valence-electron chi connectivity index (χ1n) is 7.33. The summed E-state index contributed by atoms with van der Waals surface area (Å²) in [4.78, 5) is 12.7. The second-order valence-electron chi connectivity index (χ2n) is 7.83. The molecule has 1 atom stereocenters. The first-order chi connectivity index (χ1) is 8.50. The molecule has 1 fully saturated rings. The highest BCUT2D eigenvalue weighted by Gasteiger charge is 2.54. The second-order valence-corrected chi connectivity index (χ2v) is 7.83. The molecule has 0 aromatic heterocycles. The summed E-state index contributed by atoms with van der Waals surface area (Å²) in [5.41, 5.74) is -0.894. The molecule has 0 N–H and O–H groups in total. The third-order valence-corrected chi connectivity index (χ3v) is 4.78. The molecule has 112 valence electrons. The van der Waals surface area contributed by atoms with E-state index in [9.17, 15) is 4.79 Å². The van der Waals surface area contributed by atoms with Gasteiger partial charge >= 0.3 is 5.97 Å². The van der Waals surface area contributed by atoms with Crippen LogP contribution in [0.5, 0.6) is 0 Å². The fourth-order valence-corrected chi connectivity index (χ4v) is 2.78. The smallest absolute Gasteiger partial charge is 0.315 e. The number of ether oxygens (including phenoxy) is 2.